The van der Waals surface area contributed by atoms with Crippen molar-refractivity contribution in [3.05, 3.63) is 133 Å². The van der Waals surface area contributed by atoms with Gasteiger partial charge in [-0.2, -0.15) is 47.1 Å². The van der Waals surface area contributed by atoms with Crippen LogP contribution in [0.25, 0.3) is 11.1 Å². The first-order valence-corrected chi connectivity index (χ1v) is 46.9. The number of amides is 8. The molecule has 8 amide bonds. The quantitative estimate of drug-likeness (QED) is 0.0128. The van der Waals surface area contributed by atoms with Crippen LogP contribution in [0.5, 0.6) is 0 Å². The minimum Gasteiger partial charge on any atom is -0.744 e. The molecular weight excluding hydrogens is 1820 g/mol. The summed E-state index contributed by atoms with van der Waals surface area (Å²) in [5, 5.41) is 16.9. The zero-order chi connectivity index (χ0) is 92.5. The van der Waals surface area contributed by atoms with E-state index in [1.807, 2.05) is 0 Å². The SMILES string of the molecule is NC(=O)CCCN(CCCC(N)=O)S(=O)(=O)c1cccc(Nc2nc(Nc3cccc(S(=O)(=O)N(CCCC(N)=O)CCCC(N)=O)c3)nc(Nc3ccc(-c4ccc(Nc5nc(Nc6cccc(S(=O)(=O)N(CCCC(N)=O)CCCC(N)=O)c6)nc(Nc6cccc(S(=O)(=O)N(CCCC(N)=O)CCCC(N)=O)c6)n5)cc4S(=O)(=O)[O-])c(S(=O)(=O)[O-])c3)n2)c1.[Na+].[Na+]. The van der Waals surface area contributed by atoms with Gasteiger partial charge >= 0.3 is 59.1 Å². The average molecular weight is 1910 g/mol. The number of carbonyl (C=O) groups excluding carboxylic acids is 8. The van der Waals surface area contributed by atoms with Gasteiger partial charge in [0.25, 0.3) is 0 Å². The Balaban J connectivity index is 0.0000126. The third-order valence-corrected chi connectivity index (χ3v) is 27.5. The second-order valence-electron chi connectivity index (χ2n) is 28.0. The minimum absolute atomic E-state index is 0. The Labute approximate surface area is 781 Å². The molecule has 8 aromatic rings. The molecule has 2 heterocycles. The van der Waals surface area contributed by atoms with Crippen molar-refractivity contribution in [2.75, 3.05) is 84.3 Å². The van der Waals surface area contributed by atoms with Crippen molar-refractivity contribution in [2.45, 2.75) is 132 Å². The Kier molecular flexibility index (Phi) is 39.9. The first kappa shape index (κ1) is 106. The molecular formula is C74H92N24Na2O22S6. The third kappa shape index (κ3) is 32.5. The number of benzene rings is 6. The van der Waals surface area contributed by atoms with E-state index in [1.54, 1.807) is 0 Å². The van der Waals surface area contributed by atoms with Crippen molar-refractivity contribution in [1.29, 1.82) is 0 Å². The molecule has 0 aliphatic heterocycles. The second kappa shape index (κ2) is 48.1. The summed E-state index contributed by atoms with van der Waals surface area (Å²) in [5.41, 5.74) is 40.7. The number of nitrogens with two attached hydrogens (primary N) is 8. The minimum atomic E-state index is -5.76. The Morgan fingerprint density at radius 3 is 0.578 bits per heavy atom. The third-order valence-electron chi connectivity index (χ3n) is 18.1. The van der Waals surface area contributed by atoms with Crippen LogP contribution in [-0.2, 0) is 98.7 Å². The fourth-order valence-corrected chi connectivity index (χ4v) is 20.0. The molecule has 6 aromatic carbocycles. The summed E-state index contributed by atoms with van der Waals surface area (Å²) in [7, 11) is -29.3. The van der Waals surface area contributed by atoms with Gasteiger partial charge in [0.15, 0.2) is 0 Å². The molecule has 8 rings (SSSR count). The van der Waals surface area contributed by atoms with E-state index in [9.17, 15) is 98.0 Å². The van der Waals surface area contributed by atoms with Crippen LogP contribution in [0.3, 0.4) is 0 Å². The van der Waals surface area contributed by atoms with E-state index in [0.717, 1.165) is 53.6 Å². The number of nitrogens with one attached hydrogen (secondary N) is 6. The number of carbonyl (C=O) groups is 8. The number of hydrogen-bond acceptors (Lipinski definition) is 34. The maximum atomic E-state index is 14.3. The molecule has 0 radical (unpaired) electrons. The second-order valence-corrected chi connectivity index (χ2v) is 38.4. The van der Waals surface area contributed by atoms with Crippen LogP contribution < -0.4 is 137 Å². The van der Waals surface area contributed by atoms with Crippen LogP contribution in [0.15, 0.2) is 163 Å². The Hall–Kier alpha value is -10.6. The molecule has 0 aliphatic rings. The molecule has 22 N–H and O–H groups in total. The van der Waals surface area contributed by atoms with Crippen molar-refractivity contribution in [1.82, 2.24) is 47.1 Å². The van der Waals surface area contributed by atoms with Crippen molar-refractivity contribution >= 4 is 177 Å². The van der Waals surface area contributed by atoms with Crippen LogP contribution >= 0.6 is 0 Å². The molecule has 54 heteroatoms. The summed E-state index contributed by atoms with van der Waals surface area (Å²) in [6.07, 6.45) is -1.51. The Morgan fingerprint density at radius 2 is 0.422 bits per heavy atom. The maximum Gasteiger partial charge on any atom is 1.00 e. The van der Waals surface area contributed by atoms with Gasteiger partial charge in [-0.1, -0.05) is 36.4 Å². The van der Waals surface area contributed by atoms with Crippen molar-refractivity contribution in [3.8, 4) is 11.1 Å². The fraction of sp³-hybridized carbons (Fsp3) is 0.324. The van der Waals surface area contributed by atoms with E-state index < -0.39 is 164 Å². The Bertz CT molecular complexity index is 5400. The molecule has 0 aliphatic carbocycles. The number of aromatic nitrogens is 6. The zero-order valence-electron chi connectivity index (χ0n) is 69.2. The molecule has 0 bridgehead atoms. The van der Waals surface area contributed by atoms with Crippen LogP contribution in [-0.4, -0.2) is 206 Å². The van der Waals surface area contributed by atoms with Gasteiger partial charge in [-0.3, -0.25) is 38.4 Å². The topological polar surface area (TPSA) is 758 Å². The number of primary amides is 8. The molecule has 0 unspecified atom stereocenters. The number of hydrogen-bond donors (Lipinski definition) is 14. The molecule has 128 heavy (non-hydrogen) atoms. The van der Waals surface area contributed by atoms with E-state index >= 15 is 0 Å². The van der Waals surface area contributed by atoms with Crippen molar-refractivity contribution < 1.29 is 157 Å². The summed E-state index contributed by atoms with van der Waals surface area (Å²) in [6.45, 7) is -1.68. The van der Waals surface area contributed by atoms with Gasteiger partial charge in [-0.25, -0.2) is 50.5 Å². The van der Waals surface area contributed by atoms with Crippen LogP contribution in [0.2, 0.25) is 0 Å². The van der Waals surface area contributed by atoms with E-state index in [-0.39, 0.29) is 268 Å². The maximum absolute atomic E-state index is 14.3. The van der Waals surface area contributed by atoms with Gasteiger partial charge in [-0.05, 0) is 148 Å². The molecule has 2 aromatic heterocycles. The van der Waals surface area contributed by atoms with Gasteiger partial charge in [0.1, 0.15) is 20.2 Å². The predicted molar refractivity (Wildman–Crippen MR) is 455 cm³/mol. The van der Waals surface area contributed by atoms with Crippen LogP contribution in [0, 0.1) is 0 Å². The van der Waals surface area contributed by atoms with E-state index in [4.69, 9.17) is 45.9 Å². The van der Waals surface area contributed by atoms with Gasteiger partial charge in [0, 0.05) is 149 Å². The number of rotatable bonds is 55. The Morgan fingerprint density at radius 1 is 0.258 bits per heavy atom. The molecule has 0 spiro atoms. The van der Waals surface area contributed by atoms with Crippen molar-refractivity contribution in [3.63, 3.8) is 0 Å². The summed E-state index contributed by atoms with van der Waals surface area (Å²) < 4.78 is 200. The summed E-state index contributed by atoms with van der Waals surface area (Å²) in [4.78, 5) is 116. The molecule has 678 valence electrons. The van der Waals surface area contributed by atoms with Gasteiger partial charge in [0.05, 0.1) is 29.4 Å². The number of anilines is 12. The summed E-state index contributed by atoms with van der Waals surface area (Å²) >= 11 is 0. The summed E-state index contributed by atoms with van der Waals surface area (Å²) in [5.74, 6) is -8.35. The van der Waals surface area contributed by atoms with Gasteiger partial charge < -0.3 is 86.9 Å². The fourth-order valence-electron chi connectivity index (χ4n) is 12.3. The van der Waals surface area contributed by atoms with Crippen LogP contribution in [0.1, 0.15) is 103 Å². The monoisotopic (exact) mass is 1910 g/mol. The van der Waals surface area contributed by atoms with E-state index in [0.29, 0.717) is 0 Å². The molecule has 0 saturated carbocycles. The smallest absolute Gasteiger partial charge is 0.744 e. The van der Waals surface area contributed by atoms with Crippen LogP contribution in [0.4, 0.5) is 69.8 Å². The molecule has 46 nitrogen and oxygen atoms in total. The first-order valence-electron chi connectivity index (χ1n) is 38.3. The largest absolute Gasteiger partial charge is 1.00 e. The number of nitrogens with zero attached hydrogens (tertiary/aromatic N) is 10. The predicted octanol–water partition coefficient (Wildman–Crippen LogP) is -3.91. The van der Waals surface area contributed by atoms with Crippen molar-refractivity contribution in [2.24, 2.45) is 45.9 Å². The zero-order valence-corrected chi connectivity index (χ0v) is 78.1. The normalized spacial score (nSPS) is 11.9. The first-order chi connectivity index (χ1) is 59.3. The molecule has 0 atom stereocenters. The van der Waals surface area contributed by atoms with E-state index in [1.165, 1.54) is 97.1 Å². The van der Waals surface area contributed by atoms with Gasteiger partial charge in [-0.15, -0.1) is 0 Å². The standard InChI is InChI=1S/C74H94N24O22S6.2Na/c75-61(99)21-5-33-95(34-6-22-62(76)100)121(107,108)53-17-1-13-47(41-53)83-69-89-70(84-48-14-2-18-54(42-48)122(109,110)96(35-7-23-63(77)101)36-8-24-64(78)102)92-73(91-69)87-51-29-31-57(59(45-51)125(115,116)117)58-32-30-52(46-60(58)126(118,119)120)88-74-93-71(85-49-15-3-19-55(43-49)123(111,112)97(37-9-25-65(79)103)38-10-26-66(80)104)90-72(94-74)86-50-16-4-20-56(44-50)124(113,114)98(39-11-27-67(81)105)40-12-28-68(82)106;;/h1-4,13-20,29-32,41-46H,5-12,21-28,33-40H2,(H2,75,99)(H2,76,100)(H2,77,101)(H2,78,102)(H2,79,103)(H2,80,104)(H2,81,105)(H2,82,106)(H,115,116,117)(H,118,119,120)(H3,83,84,87,89,91,92)(H3,85,86,88,90,93,94);;/q;2*+1/p-2. The number of sulfonamides is 4. The average Bonchev–Trinajstić information content (AvgIpc) is 0.766. The van der Waals surface area contributed by atoms with E-state index in [2.05, 4.69) is 61.8 Å². The van der Waals surface area contributed by atoms with Gasteiger partial charge in [0.2, 0.25) is 123 Å². The molecule has 0 fully saturated rings. The molecule has 0 saturated heterocycles. The summed E-state index contributed by atoms with van der Waals surface area (Å²) in [6, 6.07) is 26.1.